The van der Waals surface area contributed by atoms with Crippen molar-refractivity contribution in [3.05, 3.63) is 0 Å². The number of nitrogens with zero attached hydrogens (tertiary/aromatic N) is 1. The average molecular weight is 189 g/mol. The Hall–Kier alpha value is -0.266. The maximum atomic E-state index is 9.70. The van der Waals surface area contributed by atoms with Gasteiger partial charge in [-0.25, -0.2) is 9.79 Å². The molecule has 0 saturated carbocycles. The molecule has 0 saturated heterocycles. The minimum Gasteiger partial charge on any atom is -0.397 e. The van der Waals surface area contributed by atoms with Crippen molar-refractivity contribution < 1.29 is 13.6 Å². The van der Waals surface area contributed by atoms with Crippen molar-refractivity contribution in [2.45, 2.75) is 6.55 Å². The van der Waals surface area contributed by atoms with Gasteiger partial charge in [-0.05, 0) is 6.55 Å². The van der Waals surface area contributed by atoms with E-state index in [4.69, 9.17) is 8.85 Å². The molecule has 0 aromatic carbocycles. The maximum absolute atomic E-state index is 9.70. The van der Waals surface area contributed by atoms with Crippen molar-refractivity contribution >= 4 is 25.6 Å². The fourth-order valence-electron chi connectivity index (χ4n) is 0.388. The van der Waals surface area contributed by atoms with Crippen LogP contribution in [0, 0.1) is 0 Å². The number of aliphatic imine (C=N–C) groups is 1. The van der Waals surface area contributed by atoms with Gasteiger partial charge in [-0.1, -0.05) is 0 Å². The fourth-order valence-corrected chi connectivity index (χ4v) is 1.16. The van der Waals surface area contributed by atoms with Crippen LogP contribution in [0.15, 0.2) is 4.99 Å². The molecule has 11 heavy (non-hydrogen) atoms. The Morgan fingerprint density at radius 2 is 1.91 bits per heavy atom. The molecule has 0 spiro atoms. The summed E-state index contributed by atoms with van der Waals surface area (Å²) >= 11 is 0. The molecule has 0 atom stereocenters. The second-order valence-electron chi connectivity index (χ2n) is 1.95. The predicted molar refractivity (Wildman–Crippen MR) is 44.4 cm³/mol. The van der Waals surface area contributed by atoms with Crippen LogP contribution in [0.2, 0.25) is 6.55 Å². The van der Waals surface area contributed by atoms with Crippen LogP contribution in [0.3, 0.4) is 0 Å². The van der Waals surface area contributed by atoms with Gasteiger partial charge in [-0.2, -0.15) is 0 Å². The van der Waals surface area contributed by atoms with Crippen LogP contribution in [0.1, 0.15) is 0 Å². The van der Waals surface area contributed by atoms with Crippen LogP contribution < -0.4 is 0 Å². The van der Waals surface area contributed by atoms with Gasteiger partial charge in [0.15, 0.2) is 0 Å². The van der Waals surface area contributed by atoms with E-state index in [-0.39, 0.29) is 11.0 Å². The summed E-state index contributed by atoms with van der Waals surface area (Å²) < 4.78 is 10.1. The largest absolute Gasteiger partial charge is 0.397 e. The topological polar surface area (TPSA) is 47.9 Å². The molecule has 62 valence electrons. The predicted octanol–water partition coefficient (Wildman–Crippen LogP) is -0.155. The molecule has 0 rings (SSSR count). The van der Waals surface area contributed by atoms with Crippen molar-refractivity contribution in [2.75, 3.05) is 20.4 Å². The Morgan fingerprint density at radius 1 is 1.45 bits per heavy atom. The lowest BCUT2D eigenvalue weighted by Gasteiger charge is -2.18. The summed E-state index contributed by atoms with van der Waals surface area (Å²) in [5, 5.41) is 0. The van der Waals surface area contributed by atoms with E-state index in [1.165, 1.54) is 6.08 Å². The Bertz CT molecular complexity index is 143. The molecule has 4 radical (unpaired) electrons. The summed E-state index contributed by atoms with van der Waals surface area (Å²) in [7, 11) is 0.956. The lowest BCUT2D eigenvalue weighted by Crippen LogP contribution is -2.40. The summed E-state index contributed by atoms with van der Waals surface area (Å²) in [4.78, 5) is 13.1. The quantitative estimate of drug-likeness (QED) is 0.351. The first kappa shape index (κ1) is 13.3. The third kappa shape index (κ3) is 5.05. The van der Waals surface area contributed by atoms with Gasteiger partial charge in [0.2, 0.25) is 6.08 Å². The van der Waals surface area contributed by atoms with Crippen LogP contribution >= 0.6 is 0 Å². The molecule has 0 aliphatic rings. The molecule has 0 heterocycles. The van der Waals surface area contributed by atoms with Gasteiger partial charge in [-0.3, -0.25) is 0 Å². The van der Waals surface area contributed by atoms with Crippen molar-refractivity contribution in [2.24, 2.45) is 4.99 Å². The second-order valence-corrected chi connectivity index (χ2v) is 5.35. The van der Waals surface area contributed by atoms with E-state index in [2.05, 4.69) is 4.99 Å². The Kier molecular flexibility index (Phi) is 7.81. The molecule has 0 aromatic heterocycles. The Labute approximate surface area is 71.9 Å². The summed E-state index contributed by atoms with van der Waals surface area (Å²) in [6.07, 6.45) is 1.75. The molecular weight excluding hydrogens is 178 g/mol. The zero-order chi connectivity index (χ0) is 8.04. The van der Waals surface area contributed by atoms with Gasteiger partial charge in [0.1, 0.15) is 0 Å². The first-order valence-electron chi connectivity index (χ1n) is 2.82. The summed E-state index contributed by atoms with van der Waals surface area (Å²) in [5.41, 5.74) is 0. The van der Waals surface area contributed by atoms with Crippen LogP contribution in [0.4, 0.5) is 0 Å². The highest BCUT2D eigenvalue weighted by atomic mass is 28.4. The second kappa shape index (κ2) is 6.44. The van der Waals surface area contributed by atoms with Crippen molar-refractivity contribution in [3.8, 4) is 0 Å². The van der Waals surface area contributed by atoms with Crippen molar-refractivity contribution in [3.63, 3.8) is 0 Å². The number of isocyanates is 1. The van der Waals surface area contributed by atoms with Crippen LogP contribution in [0.25, 0.3) is 0 Å². The third-order valence-electron chi connectivity index (χ3n) is 1.29. The third-order valence-corrected chi connectivity index (χ3v) is 3.75. The number of hydrogen-bond acceptors (Lipinski definition) is 4. The highest BCUT2D eigenvalue weighted by Crippen LogP contribution is 2.02. The van der Waals surface area contributed by atoms with E-state index in [1.54, 1.807) is 14.2 Å². The minimum atomic E-state index is -2.15. The van der Waals surface area contributed by atoms with E-state index in [1.807, 2.05) is 6.55 Å². The lowest BCUT2D eigenvalue weighted by molar-refractivity contribution is 0.251. The van der Waals surface area contributed by atoms with Crippen molar-refractivity contribution in [1.82, 2.24) is 0 Å². The van der Waals surface area contributed by atoms with Gasteiger partial charge in [-0.15, -0.1) is 0 Å². The normalized spacial score (nSPS) is 9.73. The zero-order valence-electron chi connectivity index (χ0n) is 6.88. The van der Waals surface area contributed by atoms with E-state index in [9.17, 15) is 4.79 Å². The Balaban J connectivity index is 0. The van der Waals surface area contributed by atoms with Gasteiger partial charge in [0.05, 0.1) is 6.17 Å². The molecule has 0 amide bonds. The van der Waals surface area contributed by atoms with Gasteiger partial charge >= 0.3 is 8.56 Å². The molecule has 0 fully saturated rings. The van der Waals surface area contributed by atoms with E-state index < -0.39 is 8.56 Å². The first-order valence-corrected chi connectivity index (χ1v) is 5.35. The molecular formula is C5H11NO3Si2. The van der Waals surface area contributed by atoms with Crippen LogP contribution in [-0.2, 0) is 13.6 Å². The zero-order valence-corrected chi connectivity index (χ0v) is 8.88. The first-order chi connectivity index (χ1) is 4.68. The molecule has 0 unspecified atom stereocenters. The van der Waals surface area contributed by atoms with Gasteiger partial charge < -0.3 is 8.85 Å². The molecule has 0 bridgehead atoms. The lowest BCUT2D eigenvalue weighted by atomic mass is 11.4. The molecule has 0 aromatic rings. The molecule has 0 N–H and O–H groups in total. The van der Waals surface area contributed by atoms with E-state index >= 15 is 0 Å². The van der Waals surface area contributed by atoms with Crippen LogP contribution in [0.5, 0.6) is 0 Å². The monoisotopic (exact) mass is 189 g/mol. The summed E-state index contributed by atoms with van der Waals surface area (Å²) in [6, 6.07) is 0. The van der Waals surface area contributed by atoms with Gasteiger partial charge in [0, 0.05) is 25.2 Å². The standard InChI is InChI=1S/C5H11NO3Si.Si/c1-8-10(3,9-2)5-6-4-7;/h5H2,1-3H3;. The van der Waals surface area contributed by atoms with Crippen LogP contribution in [-0.4, -0.2) is 46.0 Å². The fraction of sp³-hybridized carbons (Fsp3) is 0.800. The van der Waals surface area contributed by atoms with Gasteiger partial charge in [0.25, 0.3) is 0 Å². The SMILES string of the molecule is CO[Si](C)(CN=C=O)OC.[Si]. The Morgan fingerprint density at radius 3 is 2.18 bits per heavy atom. The molecule has 6 heteroatoms. The number of carbonyl (C=O) groups excluding carboxylic acids is 1. The summed E-state index contributed by atoms with van der Waals surface area (Å²) in [6.45, 7) is 1.83. The smallest absolute Gasteiger partial charge is 0.357 e. The maximum Gasteiger partial charge on any atom is 0.357 e. The highest BCUT2D eigenvalue weighted by Gasteiger charge is 2.28. The molecule has 4 nitrogen and oxygen atoms in total. The van der Waals surface area contributed by atoms with E-state index in [0.29, 0.717) is 6.17 Å². The van der Waals surface area contributed by atoms with E-state index in [0.717, 1.165) is 0 Å². The minimum absolute atomic E-state index is 0. The van der Waals surface area contributed by atoms with Crippen molar-refractivity contribution in [1.29, 1.82) is 0 Å². The summed E-state index contributed by atoms with van der Waals surface area (Å²) in [5.74, 6) is 0. The average Bonchev–Trinajstić information content (AvgIpc) is 2.00. The molecule has 0 aliphatic heterocycles. The highest BCUT2D eigenvalue weighted by molar-refractivity contribution is 6.66. The number of rotatable bonds is 4. The molecule has 0 aliphatic carbocycles. The number of hydrogen-bond donors (Lipinski definition) is 0.